The summed E-state index contributed by atoms with van der Waals surface area (Å²) in [6.45, 7) is 0.928. The summed E-state index contributed by atoms with van der Waals surface area (Å²) in [5.41, 5.74) is 1.05. The second kappa shape index (κ2) is 4.24. The van der Waals surface area contributed by atoms with E-state index < -0.39 is 0 Å². The number of carbonyl (C=O) groups is 1. The summed E-state index contributed by atoms with van der Waals surface area (Å²) >= 11 is 3.47. The molecule has 0 saturated carbocycles. The highest BCUT2D eigenvalue weighted by Gasteiger charge is 2.24. The molecular weight excluding hydrogens is 242 g/mol. The van der Waals surface area contributed by atoms with Crippen LogP contribution in [0.4, 0.5) is 0 Å². The average Bonchev–Trinajstić information content (AvgIpc) is 2.20. The molecule has 74 valence electrons. The lowest BCUT2D eigenvalue weighted by atomic mass is 9.96. The Kier molecular flexibility index (Phi) is 2.99. The molecule has 1 aliphatic heterocycles. The fourth-order valence-corrected chi connectivity index (χ4v) is 2.27. The molecule has 3 heteroatoms. The van der Waals surface area contributed by atoms with Crippen LogP contribution in [0.15, 0.2) is 28.7 Å². The lowest BCUT2D eigenvalue weighted by Crippen LogP contribution is -2.34. The minimum Gasteiger partial charge on any atom is -0.304 e. The van der Waals surface area contributed by atoms with E-state index in [-0.39, 0.29) is 6.04 Å². The maximum atomic E-state index is 11.7. The van der Waals surface area contributed by atoms with Crippen LogP contribution < -0.4 is 5.32 Å². The van der Waals surface area contributed by atoms with Gasteiger partial charge in [0.25, 0.3) is 0 Å². The SMILES string of the molecule is O=C1CCCNC1c1ccccc1Br. The topological polar surface area (TPSA) is 29.1 Å². The van der Waals surface area contributed by atoms with Crippen LogP contribution in [0.1, 0.15) is 24.4 Å². The molecular formula is C11H12BrNO. The van der Waals surface area contributed by atoms with Gasteiger partial charge in [-0.05, 0) is 24.6 Å². The number of halogens is 1. The van der Waals surface area contributed by atoms with Crippen molar-refractivity contribution in [1.82, 2.24) is 5.32 Å². The van der Waals surface area contributed by atoms with Gasteiger partial charge in [0.1, 0.15) is 0 Å². The number of hydrogen-bond donors (Lipinski definition) is 1. The van der Waals surface area contributed by atoms with Crippen LogP contribution in [-0.2, 0) is 4.79 Å². The van der Waals surface area contributed by atoms with Crippen molar-refractivity contribution in [3.05, 3.63) is 34.3 Å². The molecule has 0 spiro atoms. The van der Waals surface area contributed by atoms with Crippen molar-refractivity contribution in [3.63, 3.8) is 0 Å². The summed E-state index contributed by atoms with van der Waals surface area (Å²) in [5.74, 6) is 0.295. The van der Waals surface area contributed by atoms with Crippen LogP contribution in [0.2, 0.25) is 0 Å². The first kappa shape index (κ1) is 9.87. The Balaban J connectivity index is 2.29. The molecule has 1 unspecified atom stereocenters. The van der Waals surface area contributed by atoms with Gasteiger partial charge in [-0.15, -0.1) is 0 Å². The molecule has 0 aromatic heterocycles. The molecule has 2 nitrogen and oxygen atoms in total. The van der Waals surface area contributed by atoms with Gasteiger partial charge >= 0.3 is 0 Å². The first-order valence-electron chi connectivity index (χ1n) is 4.79. The summed E-state index contributed by atoms with van der Waals surface area (Å²) in [4.78, 5) is 11.7. The van der Waals surface area contributed by atoms with Crippen LogP contribution in [0, 0.1) is 0 Å². The second-order valence-electron chi connectivity index (χ2n) is 3.48. The number of benzene rings is 1. The molecule has 1 fully saturated rings. The van der Waals surface area contributed by atoms with Crippen molar-refractivity contribution < 1.29 is 4.79 Å². The molecule has 2 rings (SSSR count). The summed E-state index contributed by atoms with van der Waals surface area (Å²) in [6.07, 6.45) is 1.65. The Hall–Kier alpha value is -0.670. The summed E-state index contributed by atoms with van der Waals surface area (Å²) in [5, 5.41) is 3.25. The van der Waals surface area contributed by atoms with Crippen molar-refractivity contribution in [2.24, 2.45) is 0 Å². The third-order valence-electron chi connectivity index (χ3n) is 2.49. The van der Waals surface area contributed by atoms with Gasteiger partial charge in [0, 0.05) is 10.9 Å². The quantitative estimate of drug-likeness (QED) is 0.834. The molecule has 1 heterocycles. The summed E-state index contributed by atoms with van der Waals surface area (Å²) in [6, 6.07) is 7.77. The van der Waals surface area contributed by atoms with E-state index >= 15 is 0 Å². The van der Waals surface area contributed by atoms with Gasteiger partial charge in [-0.1, -0.05) is 34.1 Å². The van der Waals surface area contributed by atoms with Gasteiger partial charge in [-0.25, -0.2) is 0 Å². The lowest BCUT2D eigenvalue weighted by molar-refractivity contribution is -0.122. The predicted molar refractivity (Wildman–Crippen MR) is 59.1 cm³/mol. The third kappa shape index (κ3) is 1.88. The normalized spacial score (nSPS) is 22.4. The summed E-state index contributed by atoms with van der Waals surface area (Å²) in [7, 11) is 0. The van der Waals surface area contributed by atoms with Crippen LogP contribution >= 0.6 is 15.9 Å². The highest BCUT2D eigenvalue weighted by molar-refractivity contribution is 9.10. The van der Waals surface area contributed by atoms with Crippen molar-refractivity contribution >= 4 is 21.7 Å². The third-order valence-corrected chi connectivity index (χ3v) is 3.21. The fraction of sp³-hybridized carbons (Fsp3) is 0.364. The number of rotatable bonds is 1. The highest BCUT2D eigenvalue weighted by atomic mass is 79.9. The smallest absolute Gasteiger partial charge is 0.154 e. The molecule has 1 N–H and O–H groups in total. The van der Waals surface area contributed by atoms with E-state index in [2.05, 4.69) is 21.2 Å². The standard InChI is InChI=1S/C11H12BrNO/c12-9-5-2-1-4-8(9)11-10(14)6-3-7-13-11/h1-2,4-5,11,13H,3,6-7H2. The maximum absolute atomic E-state index is 11.7. The van der Waals surface area contributed by atoms with E-state index in [1.165, 1.54) is 0 Å². The van der Waals surface area contributed by atoms with Gasteiger partial charge in [-0.3, -0.25) is 4.79 Å². The number of carbonyl (C=O) groups excluding carboxylic acids is 1. The zero-order valence-electron chi connectivity index (χ0n) is 7.79. The van der Waals surface area contributed by atoms with E-state index in [0.717, 1.165) is 23.0 Å². The Labute approximate surface area is 91.8 Å². The number of piperidine rings is 1. The molecule has 0 bridgehead atoms. The number of hydrogen-bond acceptors (Lipinski definition) is 2. The van der Waals surface area contributed by atoms with E-state index in [4.69, 9.17) is 0 Å². The fourth-order valence-electron chi connectivity index (χ4n) is 1.76. The number of nitrogens with one attached hydrogen (secondary N) is 1. The monoisotopic (exact) mass is 253 g/mol. The summed E-state index contributed by atoms with van der Waals surface area (Å²) < 4.78 is 1.01. The van der Waals surface area contributed by atoms with E-state index in [1.807, 2.05) is 24.3 Å². The molecule has 1 aromatic carbocycles. The van der Waals surface area contributed by atoms with Crippen LogP contribution in [-0.4, -0.2) is 12.3 Å². The van der Waals surface area contributed by atoms with E-state index in [0.29, 0.717) is 12.2 Å². The maximum Gasteiger partial charge on any atom is 0.154 e. The Bertz CT molecular complexity index is 351. The van der Waals surface area contributed by atoms with Gasteiger partial charge in [-0.2, -0.15) is 0 Å². The molecule has 1 aliphatic rings. The first-order valence-corrected chi connectivity index (χ1v) is 5.59. The van der Waals surface area contributed by atoms with E-state index in [1.54, 1.807) is 0 Å². The Morgan fingerprint density at radius 2 is 2.14 bits per heavy atom. The Morgan fingerprint density at radius 3 is 2.86 bits per heavy atom. The molecule has 1 aromatic rings. The van der Waals surface area contributed by atoms with Crippen molar-refractivity contribution in [3.8, 4) is 0 Å². The van der Waals surface area contributed by atoms with Gasteiger partial charge in [0.15, 0.2) is 5.78 Å². The van der Waals surface area contributed by atoms with Crippen LogP contribution in [0.3, 0.4) is 0 Å². The second-order valence-corrected chi connectivity index (χ2v) is 4.33. The minimum atomic E-state index is -0.112. The molecule has 0 amide bonds. The first-order chi connectivity index (χ1) is 6.79. The molecule has 1 saturated heterocycles. The zero-order chi connectivity index (χ0) is 9.97. The van der Waals surface area contributed by atoms with Gasteiger partial charge < -0.3 is 5.32 Å². The largest absolute Gasteiger partial charge is 0.304 e. The van der Waals surface area contributed by atoms with Crippen LogP contribution in [0.5, 0.6) is 0 Å². The van der Waals surface area contributed by atoms with Crippen LogP contribution in [0.25, 0.3) is 0 Å². The lowest BCUT2D eigenvalue weighted by Gasteiger charge is -2.23. The zero-order valence-corrected chi connectivity index (χ0v) is 9.38. The molecule has 1 atom stereocenters. The van der Waals surface area contributed by atoms with Crippen molar-refractivity contribution in [2.75, 3.05) is 6.54 Å². The van der Waals surface area contributed by atoms with Crippen molar-refractivity contribution in [2.45, 2.75) is 18.9 Å². The average molecular weight is 254 g/mol. The van der Waals surface area contributed by atoms with Gasteiger partial charge in [0.05, 0.1) is 6.04 Å². The van der Waals surface area contributed by atoms with E-state index in [9.17, 15) is 4.79 Å². The highest BCUT2D eigenvalue weighted by Crippen LogP contribution is 2.26. The predicted octanol–water partition coefficient (Wildman–Crippen LogP) is 2.44. The minimum absolute atomic E-state index is 0.112. The molecule has 0 radical (unpaired) electrons. The molecule has 14 heavy (non-hydrogen) atoms. The number of ketones is 1. The Morgan fingerprint density at radius 1 is 1.36 bits per heavy atom. The van der Waals surface area contributed by atoms with Crippen molar-refractivity contribution in [1.29, 1.82) is 0 Å². The molecule has 0 aliphatic carbocycles. The number of Topliss-reactive ketones (excluding diaryl/α,β-unsaturated/α-hetero) is 1. The van der Waals surface area contributed by atoms with Gasteiger partial charge in [0.2, 0.25) is 0 Å².